The predicted octanol–water partition coefficient (Wildman–Crippen LogP) is 4.03. The Morgan fingerprint density at radius 1 is 0.576 bits per heavy atom. The summed E-state index contributed by atoms with van der Waals surface area (Å²) in [5, 5.41) is 10.5. The SMILES string of the molecule is CNC(=O)Nc1ccc(-c2ncc3c(n2)N2CCOC[C@@]2(C)C(=O)N3C2CCOCC2)cc1.CNC(=O)Nc1ccc(-c2ncc3c(n2)N2CCOC[C@]2(C)C(=O)N3C2CCOCC2)cc1. The van der Waals surface area contributed by atoms with E-state index in [0.717, 1.165) is 59.8 Å². The highest BCUT2D eigenvalue weighted by Gasteiger charge is 2.54. The number of hydrogen-bond donors (Lipinski definition) is 4. The van der Waals surface area contributed by atoms with Gasteiger partial charge < -0.3 is 59.8 Å². The van der Waals surface area contributed by atoms with Crippen molar-refractivity contribution in [3.63, 3.8) is 0 Å². The summed E-state index contributed by atoms with van der Waals surface area (Å²) in [6.45, 7) is 9.31. The molecule has 2 aromatic heterocycles. The lowest BCUT2D eigenvalue weighted by Gasteiger charge is -2.52. The molecule has 20 heteroatoms. The molecule has 4 aromatic rings. The van der Waals surface area contributed by atoms with Gasteiger partial charge in [0.05, 0.1) is 38.8 Å². The van der Waals surface area contributed by atoms with Crippen molar-refractivity contribution in [3.8, 4) is 22.8 Å². The van der Waals surface area contributed by atoms with Crippen LogP contribution in [-0.2, 0) is 28.5 Å². The zero-order valence-electron chi connectivity index (χ0n) is 37.7. The number of urea groups is 2. The molecule has 8 heterocycles. The Labute approximate surface area is 382 Å². The Bertz CT molecular complexity index is 2280. The van der Waals surface area contributed by atoms with E-state index in [0.29, 0.717) is 89.0 Å². The van der Waals surface area contributed by atoms with Crippen LogP contribution in [0.1, 0.15) is 39.5 Å². The molecule has 0 spiro atoms. The summed E-state index contributed by atoms with van der Waals surface area (Å²) >= 11 is 0. The maximum atomic E-state index is 13.7. The maximum Gasteiger partial charge on any atom is 0.318 e. The van der Waals surface area contributed by atoms with Crippen LogP contribution < -0.4 is 40.9 Å². The van der Waals surface area contributed by atoms with E-state index in [1.807, 2.05) is 72.2 Å². The van der Waals surface area contributed by atoms with Gasteiger partial charge >= 0.3 is 12.1 Å². The second-order valence-electron chi connectivity index (χ2n) is 17.4. The molecular formula is C46H56N12O8. The number of ether oxygens (including phenoxy) is 4. The number of hydrogen-bond acceptors (Lipinski definition) is 14. The van der Waals surface area contributed by atoms with Gasteiger partial charge in [-0.2, -0.15) is 0 Å². The first-order valence-corrected chi connectivity index (χ1v) is 22.5. The molecule has 6 amide bonds. The van der Waals surface area contributed by atoms with Crippen LogP contribution in [0.15, 0.2) is 60.9 Å². The van der Waals surface area contributed by atoms with Gasteiger partial charge in [0.1, 0.15) is 22.5 Å². The van der Waals surface area contributed by atoms with Crippen LogP contribution in [0, 0.1) is 0 Å². The second-order valence-corrected chi connectivity index (χ2v) is 17.4. The van der Waals surface area contributed by atoms with Crippen molar-refractivity contribution in [2.75, 3.05) is 110 Å². The Hall–Kier alpha value is -6.48. The Kier molecular flexibility index (Phi) is 12.7. The van der Waals surface area contributed by atoms with Gasteiger partial charge in [0.25, 0.3) is 11.8 Å². The minimum Gasteiger partial charge on any atom is -0.381 e. The van der Waals surface area contributed by atoms with Crippen molar-refractivity contribution in [1.82, 2.24) is 30.6 Å². The number of morpholine rings is 2. The third-order valence-corrected chi connectivity index (χ3v) is 13.1. The van der Waals surface area contributed by atoms with Crippen LogP contribution in [-0.4, -0.2) is 147 Å². The molecule has 0 bridgehead atoms. The summed E-state index contributed by atoms with van der Waals surface area (Å²) in [7, 11) is 3.14. The summed E-state index contributed by atoms with van der Waals surface area (Å²) in [4.78, 5) is 77.5. The van der Waals surface area contributed by atoms with Gasteiger partial charge in [0, 0.05) is 88.2 Å². The first-order chi connectivity index (χ1) is 32.0. The number of aromatic nitrogens is 4. The molecule has 2 aromatic carbocycles. The number of nitrogens with zero attached hydrogens (tertiary/aromatic N) is 8. The van der Waals surface area contributed by atoms with Gasteiger partial charge in [-0.3, -0.25) is 9.59 Å². The largest absolute Gasteiger partial charge is 0.381 e. The molecule has 0 unspecified atom stereocenters. The van der Waals surface area contributed by atoms with Crippen molar-refractivity contribution in [2.45, 2.75) is 62.7 Å². The fourth-order valence-electron chi connectivity index (χ4n) is 9.43. The molecule has 66 heavy (non-hydrogen) atoms. The van der Waals surface area contributed by atoms with Crippen LogP contribution in [0.2, 0.25) is 0 Å². The summed E-state index contributed by atoms with van der Waals surface area (Å²) in [5.41, 5.74) is 2.86. The summed E-state index contributed by atoms with van der Waals surface area (Å²) in [5.74, 6) is 2.70. The van der Waals surface area contributed by atoms with Crippen LogP contribution >= 0.6 is 0 Å². The van der Waals surface area contributed by atoms with Crippen LogP contribution in [0.4, 0.5) is 44.0 Å². The first-order valence-electron chi connectivity index (χ1n) is 22.5. The fraction of sp³-hybridized carbons (Fsp3) is 0.478. The lowest BCUT2D eigenvalue weighted by molar-refractivity contribution is -0.129. The molecule has 0 saturated carbocycles. The Morgan fingerprint density at radius 2 is 0.955 bits per heavy atom. The lowest BCUT2D eigenvalue weighted by Crippen LogP contribution is -2.69. The summed E-state index contributed by atoms with van der Waals surface area (Å²) < 4.78 is 22.5. The van der Waals surface area contributed by atoms with Gasteiger partial charge in [-0.25, -0.2) is 29.5 Å². The third-order valence-electron chi connectivity index (χ3n) is 13.1. The van der Waals surface area contributed by atoms with E-state index in [2.05, 4.69) is 41.0 Å². The minimum absolute atomic E-state index is 0.0302. The number of benzene rings is 2. The van der Waals surface area contributed by atoms with E-state index in [1.54, 1.807) is 26.5 Å². The molecule has 4 saturated heterocycles. The van der Waals surface area contributed by atoms with E-state index in [4.69, 9.17) is 28.9 Å². The fourth-order valence-corrected chi connectivity index (χ4v) is 9.43. The van der Waals surface area contributed by atoms with Crippen molar-refractivity contribution >= 4 is 58.3 Å². The van der Waals surface area contributed by atoms with Gasteiger partial charge in [-0.05, 0) is 88.1 Å². The Morgan fingerprint density at radius 3 is 1.32 bits per heavy atom. The topological polar surface area (TPSA) is 218 Å². The van der Waals surface area contributed by atoms with Crippen LogP contribution in [0.5, 0.6) is 0 Å². The zero-order valence-corrected chi connectivity index (χ0v) is 37.7. The average Bonchev–Trinajstić information content (AvgIpc) is 3.35. The second kappa shape index (κ2) is 18.8. The molecule has 2 atom stereocenters. The smallest absolute Gasteiger partial charge is 0.318 e. The van der Waals surface area contributed by atoms with Crippen LogP contribution in [0.3, 0.4) is 0 Å². The summed E-state index contributed by atoms with van der Waals surface area (Å²) in [6, 6.07) is 14.3. The molecule has 10 rings (SSSR count). The third kappa shape index (κ3) is 8.44. The van der Waals surface area contributed by atoms with Crippen LogP contribution in [0.25, 0.3) is 22.8 Å². The number of fused-ring (bicyclic) bond motifs is 6. The molecule has 0 radical (unpaired) electrons. The highest BCUT2D eigenvalue weighted by atomic mass is 16.5. The van der Waals surface area contributed by atoms with Gasteiger partial charge in [-0.15, -0.1) is 0 Å². The first kappa shape index (κ1) is 44.7. The van der Waals surface area contributed by atoms with E-state index >= 15 is 0 Å². The minimum atomic E-state index is -0.809. The monoisotopic (exact) mass is 904 g/mol. The maximum absolute atomic E-state index is 13.7. The van der Waals surface area contributed by atoms with Crippen molar-refractivity contribution in [2.24, 2.45) is 0 Å². The van der Waals surface area contributed by atoms with Crippen molar-refractivity contribution in [1.29, 1.82) is 0 Å². The molecular weight excluding hydrogens is 849 g/mol. The summed E-state index contributed by atoms with van der Waals surface area (Å²) in [6.07, 6.45) is 6.65. The number of carbonyl (C=O) groups is 4. The molecule has 348 valence electrons. The highest BCUT2D eigenvalue weighted by Crippen LogP contribution is 2.45. The Balaban J connectivity index is 0.000000166. The predicted molar refractivity (Wildman–Crippen MR) is 247 cm³/mol. The van der Waals surface area contributed by atoms with E-state index in [1.165, 1.54) is 0 Å². The number of amides is 6. The van der Waals surface area contributed by atoms with E-state index in [9.17, 15) is 19.2 Å². The van der Waals surface area contributed by atoms with E-state index in [-0.39, 0.29) is 36.0 Å². The number of rotatable bonds is 6. The quantitative estimate of drug-likeness (QED) is 0.215. The molecule has 4 fully saturated rings. The van der Waals surface area contributed by atoms with E-state index < -0.39 is 11.1 Å². The highest BCUT2D eigenvalue weighted by molar-refractivity contribution is 6.09. The number of nitrogens with one attached hydrogen (secondary N) is 4. The van der Waals surface area contributed by atoms with Gasteiger partial charge in [0.15, 0.2) is 23.3 Å². The molecule has 4 N–H and O–H groups in total. The van der Waals surface area contributed by atoms with Gasteiger partial charge in [0.2, 0.25) is 0 Å². The number of carbonyl (C=O) groups excluding carboxylic acids is 4. The average molecular weight is 905 g/mol. The number of anilines is 6. The van der Waals surface area contributed by atoms with Crippen molar-refractivity contribution in [3.05, 3.63) is 60.9 Å². The standard InChI is InChI=1S/2C23H28N6O4/c2*1-23-14-33-12-9-28(23)20-18(29(21(23)30)17-7-10-32-11-8-17)13-25-19(27-20)15-3-5-16(6-4-15)26-22(31)24-2/h2*3-6,13,17H,7-12,14H2,1-2H3,(H2,24,26,31)/t2*23-/m10/s1. The normalized spacial score (nSPS) is 23.0. The lowest BCUT2D eigenvalue weighted by atomic mass is 9.91. The molecule has 20 nitrogen and oxygen atoms in total. The van der Waals surface area contributed by atoms with Gasteiger partial charge in [-0.1, -0.05) is 0 Å². The molecule has 6 aliphatic heterocycles. The molecule has 6 aliphatic rings. The van der Waals surface area contributed by atoms with Crippen molar-refractivity contribution < 1.29 is 38.1 Å². The zero-order chi connectivity index (χ0) is 46.0. The molecule has 0 aliphatic carbocycles.